The molecule has 1 aromatic rings. The zero-order valence-electron chi connectivity index (χ0n) is 10.6. The van der Waals surface area contributed by atoms with Crippen LogP contribution in [-0.2, 0) is 14.3 Å². The number of benzene rings is 1. The molecule has 1 fully saturated rings. The van der Waals surface area contributed by atoms with Crippen molar-refractivity contribution >= 4 is 23.3 Å². The molecule has 1 aliphatic heterocycles. The summed E-state index contributed by atoms with van der Waals surface area (Å²) in [4.78, 5) is 33.3. The lowest BCUT2D eigenvalue weighted by Crippen LogP contribution is -2.22. The van der Waals surface area contributed by atoms with Crippen LogP contribution in [0.25, 0.3) is 0 Å². The quantitative estimate of drug-likeness (QED) is 0.500. The van der Waals surface area contributed by atoms with Gasteiger partial charge in [0.1, 0.15) is 5.69 Å². The molecule has 1 saturated heterocycles. The van der Waals surface area contributed by atoms with E-state index in [1.165, 1.54) is 19.2 Å². The first-order valence-electron chi connectivity index (χ1n) is 5.86. The Balaban J connectivity index is 2.19. The summed E-state index contributed by atoms with van der Waals surface area (Å²) in [6.07, 6.45) is -0.646. The average molecular weight is 280 g/mol. The molecule has 1 aliphatic rings. The van der Waals surface area contributed by atoms with Crippen LogP contribution in [0.1, 0.15) is 16.8 Å². The van der Waals surface area contributed by atoms with E-state index in [4.69, 9.17) is 4.74 Å². The maximum absolute atomic E-state index is 11.8. The van der Waals surface area contributed by atoms with Gasteiger partial charge in [-0.1, -0.05) is 0 Å². The van der Waals surface area contributed by atoms with Crippen LogP contribution >= 0.6 is 0 Å². The van der Waals surface area contributed by atoms with Gasteiger partial charge in [-0.25, -0.2) is 9.59 Å². The van der Waals surface area contributed by atoms with E-state index in [0.29, 0.717) is 6.42 Å². The molecule has 0 amide bonds. The molecule has 0 aromatic heterocycles. The number of nitrogens with one attached hydrogen (secondary N) is 1. The van der Waals surface area contributed by atoms with Gasteiger partial charge in [-0.05, 0) is 12.1 Å². The van der Waals surface area contributed by atoms with Crippen LogP contribution in [0.15, 0.2) is 18.2 Å². The highest BCUT2D eigenvalue weighted by Gasteiger charge is 2.31. The summed E-state index contributed by atoms with van der Waals surface area (Å²) in [5, 5.41) is 13.5. The van der Waals surface area contributed by atoms with Gasteiger partial charge in [0.15, 0.2) is 0 Å². The van der Waals surface area contributed by atoms with Crippen molar-refractivity contribution in [3.05, 3.63) is 33.9 Å². The number of esters is 2. The van der Waals surface area contributed by atoms with Crippen LogP contribution in [-0.4, -0.2) is 36.6 Å². The van der Waals surface area contributed by atoms with E-state index >= 15 is 0 Å². The molecule has 0 bridgehead atoms. The predicted molar refractivity (Wildman–Crippen MR) is 67.4 cm³/mol. The molecule has 0 aliphatic carbocycles. The molecule has 0 spiro atoms. The van der Waals surface area contributed by atoms with E-state index in [1.54, 1.807) is 0 Å². The van der Waals surface area contributed by atoms with Gasteiger partial charge in [-0.3, -0.25) is 10.1 Å². The van der Waals surface area contributed by atoms with Crippen LogP contribution in [0.2, 0.25) is 0 Å². The molecular weight excluding hydrogens is 268 g/mol. The number of rotatable bonds is 4. The molecule has 106 valence electrons. The van der Waals surface area contributed by atoms with Crippen molar-refractivity contribution in [3.63, 3.8) is 0 Å². The van der Waals surface area contributed by atoms with Crippen molar-refractivity contribution in [2.75, 3.05) is 19.0 Å². The molecule has 8 heteroatoms. The first kappa shape index (κ1) is 13.8. The van der Waals surface area contributed by atoms with Crippen LogP contribution in [0.4, 0.5) is 11.4 Å². The lowest BCUT2D eigenvalue weighted by molar-refractivity contribution is -0.384. The number of ether oxygens (including phenoxy) is 2. The maximum Gasteiger partial charge on any atom is 0.347 e. The number of hydrogen-bond acceptors (Lipinski definition) is 7. The van der Waals surface area contributed by atoms with Gasteiger partial charge in [-0.15, -0.1) is 0 Å². The lowest BCUT2D eigenvalue weighted by Gasteiger charge is -2.09. The molecule has 1 aromatic carbocycles. The number of carbonyl (C=O) groups excluding carboxylic acids is 2. The van der Waals surface area contributed by atoms with E-state index in [9.17, 15) is 19.7 Å². The smallest absolute Gasteiger partial charge is 0.347 e. The van der Waals surface area contributed by atoms with E-state index in [0.717, 1.165) is 6.07 Å². The number of cyclic esters (lactones) is 1. The zero-order chi connectivity index (χ0) is 14.7. The standard InChI is InChI=1S/C12H12N2O6/c1-13-8-3-2-7(6-9(8)14(17)18)11(15)20-10-4-5-19-12(10)16/h2-3,6,10,13H,4-5H2,1H3/t10-/m1/s1. The van der Waals surface area contributed by atoms with E-state index < -0.39 is 23.0 Å². The Bertz CT molecular complexity index is 571. The molecule has 1 N–H and O–H groups in total. The van der Waals surface area contributed by atoms with Gasteiger partial charge in [0, 0.05) is 19.5 Å². The molecule has 0 unspecified atom stereocenters. The topological polar surface area (TPSA) is 108 Å². The SMILES string of the molecule is CNc1ccc(C(=O)O[C@@H]2CCOC2=O)cc1[N+](=O)[O-]. The van der Waals surface area contributed by atoms with Crippen LogP contribution in [0, 0.1) is 10.1 Å². The van der Waals surface area contributed by atoms with Crippen LogP contribution in [0.5, 0.6) is 0 Å². The Morgan fingerprint density at radius 1 is 1.55 bits per heavy atom. The Labute approximate surface area is 113 Å². The minimum absolute atomic E-state index is 0.00963. The third-order valence-corrected chi connectivity index (χ3v) is 2.84. The summed E-state index contributed by atoms with van der Waals surface area (Å²) in [5.74, 6) is -1.39. The van der Waals surface area contributed by atoms with E-state index in [2.05, 4.69) is 10.1 Å². The minimum Gasteiger partial charge on any atom is -0.463 e. The molecule has 1 heterocycles. The molecular formula is C12H12N2O6. The number of hydrogen-bond donors (Lipinski definition) is 1. The van der Waals surface area contributed by atoms with Gasteiger partial charge in [0.25, 0.3) is 5.69 Å². The molecule has 8 nitrogen and oxygen atoms in total. The van der Waals surface area contributed by atoms with Crippen LogP contribution in [0.3, 0.4) is 0 Å². The molecule has 0 radical (unpaired) electrons. The predicted octanol–water partition coefficient (Wildman–Crippen LogP) is 1.11. The first-order valence-corrected chi connectivity index (χ1v) is 5.86. The minimum atomic E-state index is -0.939. The highest BCUT2D eigenvalue weighted by atomic mass is 16.6. The van der Waals surface area contributed by atoms with Gasteiger partial charge in [0.2, 0.25) is 6.10 Å². The Morgan fingerprint density at radius 2 is 2.30 bits per heavy atom. The summed E-state index contributed by atoms with van der Waals surface area (Å²) in [5.41, 5.74) is 0.0539. The first-order chi connectivity index (χ1) is 9.52. The third-order valence-electron chi connectivity index (χ3n) is 2.84. The van der Waals surface area contributed by atoms with Crippen LogP contribution < -0.4 is 5.32 Å². The number of carbonyl (C=O) groups is 2. The number of anilines is 1. The Hall–Kier alpha value is -2.64. The van der Waals surface area contributed by atoms with Gasteiger partial charge in [0.05, 0.1) is 17.1 Å². The Morgan fingerprint density at radius 3 is 2.85 bits per heavy atom. The second-order valence-electron chi connectivity index (χ2n) is 4.09. The molecule has 2 rings (SSSR count). The maximum atomic E-state index is 11.8. The van der Waals surface area contributed by atoms with Crippen molar-refractivity contribution in [3.8, 4) is 0 Å². The lowest BCUT2D eigenvalue weighted by atomic mass is 10.1. The second kappa shape index (κ2) is 5.55. The fourth-order valence-corrected chi connectivity index (χ4v) is 1.80. The number of nitrogens with zero attached hydrogens (tertiary/aromatic N) is 1. The summed E-state index contributed by atoms with van der Waals surface area (Å²) in [6.45, 7) is 0.204. The highest BCUT2D eigenvalue weighted by Crippen LogP contribution is 2.25. The van der Waals surface area contributed by atoms with Crippen molar-refractivity contribution in [1.29, 1.82) is 0 Å². The summed E-state index contributed by atoms with van der Waals surface area (Å²) < 4.78 is 9.63. The average Bonchev–Trinajstić information content (AvgIpc) is 2.83. The fourth-order valence-electron chi connectivity index (χ4n) is 1.80. The summed E-state index contributed by atoms with van der Waals surface area (Å²) in [7, 11) is 1.54. The van der Waals surface area contributed by atoms with Crippen molar-refractivity contribution < 1.29 is 24.0 Å². The molecule has 20 heavy (non-hydrogen) atoms. The van der Waals surface area contributed by atoms with Gasteiger partial charge >= 0.3 is 11.9 Å². The van der Waals surface area contributed by atoms with E-state index in [1.807, 2.05) is 0 Å². The van der Waals surface area contributed by atoms with Gasteiger partial charge < -0.3 is 14.8 Å². The normalized spacial score (nSPS) is 17.4. The third kappa shape index (κ3) is 2.68. The monoisotopic (exact) mass is 280 g/mol. The Kier molecular flexibility index (Phi) is 3.83. The molecule has 0 saturated carbocycles. The van der Waals surface area contributed by atoms with E-state index in [-0.39, 0.29) is 23.5 Å². The summed E-state index contributed by atoms with van der Waals surface area (Å²) in [6, 6.07) is 3.90. The second-order valence-corrected chi connectivity index (χ2v) is 4.09. The van der Waals surface area contributed by atoms with Crippen molar-refractivity contribution in [1.82, 2.24) is 0 Å². The van der Waals surface area contributed by atoms with Crippen molar-refractivity contribution in [2.24, 2.45) is 0 Å². The largest absolute Gasteiger partial charge is 0.463 e. The zero-order valence-corrected chi connectivity index (χ0v) is 10.6. The van der Waals surface area contributed by atoms with Gasteiger partial charge in [-0.2, -0.15) is 0 Å². The molecule has 1 atom stereocenters. The number of nitro benzene ring substituents is 1. The summed E-state index contributed by atoms with van der Waals surface area (Å²) >= 11 is 0. The highest BCUT2D eigenvalue weighted by molar-refractivity contribution is 5.93. The number of nitro groups is 1. The fraction of sp³-hybridized carbons (Fsp3) is 0.333. The van der Waals surface area contributed by atoms with Crippen molar-refractivity contribution in [2.45, 2.75) is 12.5 Å².